The Hall–Kier alpha value is -3.11. The molecule has 10 nitrogen and oxygen atoms in total. The molecule has 2 unspecified atom stereocenters. The van der Waals surface area contributed by atoms with E-state index in [0.717, 1.165) is 0 Å². The Labute approximate surface area is 153 Å². The van der Waals surface area contributed by atoms with Gasteiger partial charge in [-0.3, -0.25) is 40.0 Å². The van der Waals surface area contributed by atoms with Gasteiger partial charge in [-0.15, -0.1) is 0 Å². The summed E-state index contributed by atoms with van der Waals surface area (Å²) in [7, 11) is 0. The molecule has 3 amide bonds. The largest absolute Gasteiger partial charge is 0.317 e. The zero-order valence-electron chi connectivity index (χ0n) is 14.3. The summed E-state index contributed by atoms with van der Waals surface area (Å²) >= 11 is 0. The molecule has 0 aromatic heterocycles. The van der Waals surface area contributed by atoms with E-state index in [2.05, 4.69) is 10.6 Å². The highest BCUT2D eigenvalue weighted by atomic mass is 16.6. The number of amides is 3. The highest BCUT2D eigenvalue weighted by molar-refractivity contribution is 6.06. The molecular formula is C17H17N5O5. The van der Waals surface area contributed by atoms with E-state index >= 15 is 0 Å². The lowest BCUT2D eigenvalue weighted by Gasteiger charge is -2.40. The fraction of sp³-hybridized carbons (Fsp3) is 0.353. The van der Waals surface area contributed by atoms with Crippen LogP contribution in [0.2, 0.25) is 0 Å². The van der Waals surface area contributed by atoms with Gasteiger partial charge in [0.1, 0.15) is 6.04 Å². The molecule has 3 aliphatic heterocycles. The number of hydrogen-bond acceptors (Lipinski definition) is 7. The van der Waals surface area contributed by atoms with Crippen molar-refractivity contribution >= 4 is 23.4 Å². The fourth-order valence-electron chi connectivity index (χ4n) is 3.77. The number of nitro benzene ring substituents is 1. The van der Waals surface area contributed by atoms with Crippen molar-refractivity contribution in [3.63, 3.8) is 0 Å². The molecule has 1 fully saturated rings. The summed E-state index contributed by atoms with van der Waals surface area (Å²) in [6.45, 7) is 1.62. The molecular weight excluding hydrogens is 354 g/mol. The summed E-state index contributed by atoms with van der Waals surface area (Å²) in [6.07, 6.45) is 2.48. The number of nitrogens with one attached hydrogen (secondary N) is 2. The minimum atomic E-state index is -0.582. The van der Waals surface area contributed by atoms with Crippen LogP contribution in [-0.4, -0.2) is 64.3 Å². The average molecular weight is 371 g/mol. The van der Waals surface area contributed by atoms with Crippen LogP contribution in [0.4, 0.5) is 5.69 Å². The van der Waals surface area contributed by atoms with Crippen LogP contribution >= 0.6 is 0 Å². The summed E-state index contributed by atoms with van der Waals surface area (Å²) in [5.41, 5.74) is 0.681. The Morgan fingerprint density at radius 1 is 1.22 bits per heavy atom. The number of carbonyl (C=O) groups excluding carboxylic acids is 3. The Bertz CT molecular complexity index is 882. The minimum Gasteiger partial charge on any atom is -0.317 e. The molecule has 2 atom stereocenters. The zero-order valence-corrected chi connectivity index (χ0v) is 14.3. The lowest BCUT2D eigenvalue weighted by molar-refractivity contribution is -0.385. The highest BCUT2D eigenvalue weighted by Gasteiger charge is 2.40. The molecule has 3 heterocycles. The van der Waals surface area contributed by atoms with Gasteiger partial charge in [-0.1, -0.05) is 12.1 Å². The second-order valence-corrected chi connectivity index (χ2v) is 6.62. The topological polar surface area (TPSA) is 125 Å². The number of piperazine rings is 1. The number of imide groups is 1. The monoisotopic (exact) mass is 371 g/mol. The Balaban J connectivity index is 1.54. The summed E-state index contributed by atoms with van der Waals surface area (Å²) in [5.74, 6) is -1.11. The first-order valence-electron chi connectivity index (χ1n) is 8.53. The molecule has 3 aliphatic rings. The summed E-state index contributed by atoms with van der Waals surface area (Å²) in [4.78, 5) is 50.3. The lowest BCUT2D eigenvalue weighted by atomic mass is 10.1. The van der Waals surface area contributed by atoms with Gasteiger partial charge in [0.05, 0.1) is 28.8 Å². The standard InChI is InChI=1S/C17H17N5O5/c23-15-5-4-13(16(24)19-15)20-7-6-18-14(9-20)21-8-11-10(17(21)25)2-1-3-12(11)22(26)27/h1-5,13-14,18H,6-9H2,(H,19,23,24). The van der Waals surface area contributed by atoms with Crippen molar-refractivity contribution in [2.45, 2.75) is 18.8 Å². The number of nitro groups is 1. The molecule has 140 valence electrons. The maximum atomic E-state index is 12.8. The molecule has 0 aliphatic carbocycles. The van der Waals surface area contributed by atoms with Crippen LogP contribution in [0.1, 0.15) is 15.9 Å². The van der Waals surface area contributed by atoms with Crippen LogP contribution in [0.15, 0.2) is 30.4 Å². The molecule has 2 N–H and O–H groups in total. The van der Waals surface area contributed by atoms with Gasteiger partial charge in [0.25, 0.3) is 11.6 Å². The van der Waals surface area contributed by atoms with Gasteiger partial charge in [0, 0.05) is 31.8 Å². The van der Waals surface area contributed by atoms with Crippen molar-refractivity contribution in [1.82, 2.24) is 20.4 Å². The van der Waals surface area contributed by atoms with Crippen molar-refractivity contribution in [3.05, 3.63) is 51.6 Å². The minimum absolute atomic E-state index is 0.0656. The second kappa shape index (κ2) is 6.56. The molecule has 0 spiro atoms. The quantitative estimate of drug-likeness (QED) is 0.411. The van der Waals surface area contributed by atoms with Crippen molar-refractivity contribution in [3.8, 4) is 0 Å². The predicted molar refractivity (Wildman–Crippen MR) is 92.4 cm³/mol. The fourth-order valence-corrected chi connectivity index (χ4v) is 3.77. The molecule has 1 aromatic rings. The number of rotatable bonds is 3. The number of fused-ring (bicyclic) bond motifs is 1. The Kier molecular flexibility index (Phi) is 4.21. The van der Waals surface area contributed by atoms with Crippen LogP contribution in [0, 0.1) is 10.1 Å². The molecule has 1 aromatic carbocycles. The number of nitrogens with zero attached hydrogens (tertiary/aromatic N) is 3. The van der Waals surface area contributed by atoms with Gasteiger partial charge in [-0.2, -0.15) is 0 Å². The average Bonchev–Trinajstić information content (AvgIpc) is 2.98. The SMILES string of the molecule is O=C1C=CC(N2CCNC(N3Cc4c(cccc4[N+](=O)[O-])C3=O)C2)C(=O)N1. The van der Waals surface area contributed by atoms with Crippen LogP contribution < -0.4 is 10.6 Å². The highest BCUT2D eigenvalue weighted by Crippen LogP contribution is 2.32. The molecule has 0 radical (unpaired) electrons. The number of carbonyl (C=O) groups is 3. The first-order chi connectivity index (χ1) is 13.0. The van der Waals surface area contributed by atoms with E-state index in [1.165, 1.54) is 18.2 Å². The molecule has 27 heavy (non-hydrogen) atoms. The molecule has 1 saturated heterocycles. The van der Waals surface area contributed by atoms with E-state index < -0.39 is 28.9 Å². The summed E-state index contributed by atoms with van der Waals surface area (Å²) in [6, 6.07) is 3.91. The molecule has 0 bridgehead atoms. The van der Waals surface area contributed by atoms with Crippen LogP contribution in [0.25, 0.3) is 0 Å². The summed E-state index contributed by atoms with van der Waals surface area (Å²) < 4.78 is 0. The third kappa shape index (κ3) is 2.98. The Morgan fingerprint density at radius 2 is 2.04 bits per heavy atom. The van der Waals surface area contributed by atoms with E-state index in [1.54, 1.807) is 17.0 Å². The van der Waals surface area contributed by atoms with Gasteiger partial charge in [-0.25, -0.2) is 0 Å². The van der Waals surface area contributed by atoms with E-state index in [4.69, 9.17) is 0 Å². The Morgan fingerprint density at radius 3 is 2.78 bits per heavy atom. The third-order valence-electron chi connectivity index (χ3n) is 5.07. The van der Waals surface area contributed by atoms with Crippen LogP contribution in [-0.2, 0) is 16.1 Å². The smallest absolute Gasteiger partial charge is 0.275 e. The van der Waals surface area contributed by atoms with E-state index in [9.17, 15) is 24.5 Å². The normalized spacial score (nSPS) is 25.5. The van der Waals surface area contributed by atoms with Crippen LogP contribution in [0.3, 0.4) is 0 Å². The molecule has 4 rings (SSSR count). The van der Waals surface area contributed by atoms with Gasteiger partial charge in [0.2, 0.25) is 11.8 Å². The van der Waals surface area contributed by atoms with E-state index in [-0.39, 0.29) is 18.1 Å². The second-order valence-electron chi connectivity index (χ2n) is 6.62. The van der Waals surface area contributed by atoms with Gasteiger partial charge in [0.15, 0.2) is 0 Å². The maximum absolute atomic E-state index is 12.8. The zero-order chi connectivity index (χ0) is 19.1. The first kappa shape index (κ1) is 17.3. The van der Waals surface area contributed by atoms with Gasteiger partial charge >= 0.3 is 0 Å². The van der Waals surface area contributed by atoms with Crippen molar-refractivity contribution in [2.24, 2.45) is 0 Å². The van der Waals surface area contributed by atoms with E-state index in [1.807, 2.05) is 4.90 Å². The van der Waals surface area contributed by atoms with Crippen molar-refractivity contribution in [2.75, 3.05) is 19.6 Å². The first-order valence-corrected chi connectivity index (χ1v) is 8.53. The molecule has 10 heteroatoms. The number of hydrogen-bond donors (Lipinski definition) is 2. The maximum Gasteiger partial charge on any atom is 0.275 e. The molecule has 0 saturated carbocycles. The summed E-state index contributed by atoms with van der Waals surface area (Å²) in [5, 5.41) is 16.8. The van der Waals surface area contributed by atoms with Crippen molar-refractivity contribution in [1.29, 1.82) is 0 Å². The van der Waals surface area contributed by atoms with E-state index in [0.29, 0.717) is 30.8 Å². The predicted octanol–water partition coefficient (Wildman–Crippen LogP) is -0.637. The van der Waals surface area contributed by atoms with Crippen LogP contribution in [0.5, 0.6) is 0 Å². The lowest BCUT2D eigenvalue weighted by Crippen LogP contribution is -2.62. The number of benzene rings is 1. The van der Waals surface area contributed by atoms with Gasteiger partial charge < -0.3 is 4.90 Å². The third-order valence-corrected chi connectivity index (χ3v) is 5.07. The van der Waals surface area contributed by atoms with Gasteiger partial charge in [-0.05, 0) is 6.07 Å². The van der Waals surface area contributed by atoms with Crippen molar-refractivity contribution < 1.29 is 19.3 Å².